The molecule has 1 amide bonds. The molecule has 0 saturated heterocycles. The standard InChI is InChI=1S/C14H21NO3/c1-11(2)8-15(14(17)9-16)18-10-13-7-5-4-6-12(13)3/h4-7,11,16H,8-10H2,1-3H3. The Morgan fingerprint density at radius 3 is 2.61 bits per heavy atom. The van der Waals surface area contributed by atoms with Gasteiger partial charge in [-0.2, -0.15) is 0 Å². The highest BCUT2D eigenvalue weighted by molar-refractivity contribution is 5.76. The highest BCUT2D eigenvalue weighted by atomic mass is 16.7. The van der Waals surface area contributed by atoms with Gasteiger partial charge in [-0.25, -0.2) is 5.06 Å². The van der Waals surface area contributed by atoms with Crippen LogP contribution in [0, 0.1) is 12.8 Å². The van der Waals surface area contributed by atoms with Crippen LogP contribution in [0.2, 0.25) is 0 Å². The van der Waals surface area contributed by atoms with Gasteiger partial charge in [0.2, 0.25) is 0 Å². The molecule has 1 rings (SSSR count). The van der Waals surface area contributed by atoms with Crippen LogP contribution < -0.4 is 0 Å². The van der Waals surface area contributed by atoms with E-state index in [1.165, 1.54) is 5.06 Å². The number of aliphatic hydroxyl groups is 1. The molecule has 0 heterocycles. The second kappa shape index (κ2) is 7.13. The molecule has 1 aromatic carbocycles. The lowest BCUT2D eigenvalue weighted by Gasteiger charge is -2.23. The van der Waals surface area contributed by atoms with Crippen LogP contribution in [0.15, 0.2) is 24.3 Å². The lowest BCUT2D eigenvalue weighted by atomic mass is 10.1. The molecule has 0 aliphatic carbocycles. The molecule has 0 aliphatic heterocycles. The zero-order valence-corrected chi connectivity index (χ0v) is 11.2. The molecule has 0 fully saturated rings. The van der Waals surface area contributed by atoms with Gasteiger partial charge in [0.05, 0.1) is 6.54 Å². The van der Waals surface area contributed by atoms with E-state index in [4.69, 9.17) is 9.94 Å². The Bertz CT molecular complexity index is 390. The molecule has 1 aromatic rings. The van der Waals surface area contributed by atoms with Crippen molar-refractivity contribution in [1.82, 2.24) is 5.06 Å². The lowest BCUT2D eigenvalue weighted by Crippen LogP contribution is -2.36. The molecule has 1 N–H and O–H groups in total. The first-order valence-corrected chi connectivity index (χ1v) is 6.13. The van der Waals surface area contributed by atoms with E-state index in [9.17, 15) is 4.79 Å². The van der Waals surface area contributed by atoms with Crippen molar-refractivity contribution in [3.8, 4) is 0 Å². The van der Waals surface area contributed by atoms with Crippen LogP contribution in [0.4, 0.5) is 0 Å². The van der Waals surface area contributed by atoms with Crippen molar-refractivity contribution in [3.63, 3.8) is 0 Å². The summed E-state index contributed by atoms with van der Waals surface area (Å²) in [6, 6.07) is 7.86. The fourth-order valence-electron chi connectivity index (χ4n) is 1.56. The summed E-state index contributed by atoms with van der Waals surface area (Å²) in [4.78, 5) is 17.0. The number of hydrogen-bond donors (Lipinski definition) is 1. The highest BCUT2D eigenvalue weighted by Crippen LogP contribution is 2.10. The predicted octanol–water partition coefficient (Wildman–Crippen LogP) is 1.90. The zero-order chi connectivity index (χ0) is 13.5. The number of rotatable bonds is 6. The first-order chi connectivity index (χ1) is 8.54. The monoisotopic (exact) mass is 251 g/mol. The summed E-state index contributed by atoms with van der Waals surface area (Å²) >= 11 is 0. The Morgan fingerprint density at radius 2 is 2.06 bits per heavy atom. The molecule has 18 heavy (non-hydrogen) atoms. The number of carbonyl (C=O) groups is 1. The van der Waals surface area contributed by atoms with E-state index < -0.39 is 12.5 Å². The van der Waals surface area contributed by atoms with Gasteiger partial charge in [-0.05, 0) is 24.0 Å². The molecule has 100 valence electrons. The summed E-state index contributed by atoms with van der Waals surface area (Å²) < 4.78 is 0. The number of hydrogen-bond acceptors (Lipinski definition) is 3. The van der Waals surface area contributed by atoms with Crippen LogP contribution in [0.3, 0.4) is 0 Å². The van der Waals surface area contributed by atoms with Crippen molar-refractivity contribution >= 4 is 5.91 Å². The van der Waals surface area contributed by atoms with Gasteiger partial charge in [-0.15, -0.1) is 0 Å². The second-order valence-corrected chi connectivity index (χ2v) is 4.71. The molecule has 4 nitrogen and oxygen atoms in total. The van der Waals surface area contributed by atoms with E-state index >= 15 is 0 Å². The van der Waals surface area contributed by atoms with E-state index in [2.05, 4.69) is 0 Å². The van der Waals surface area contributed by atoms with Gasteiger partial charge in [-0.1, -0.05) is 38.1 Å². The van der Waals surface area contributed by atoms with E-state index in [1.807, 2.05) is 45.0 Å². The average molecular weight is 251 g/mol. The minimum absolute atomic E-state index is 0.289. The number of aliphatic hydroxyl groups excluding tert-OH is 1. The number of amides is 1. The van der Waals surface area contributed by atoms with Gasteiger partial charge in [0.15, 0.2) is 0 Å². The summed E-state index contributed by atoms with van der Waals surface area (Å²) in [7, 11) is 0. The van der Waals surface area contributed by atoms with Crippen molar-refractivity contribution in [3.05, 3.63) is 35.4 Å². The van der Waals surface area contributed by atoms with Crippen LogP contribution >= 0.6 is 0 Å². The fraction of sp³-hybridized carbons (Fsp3) is 0.500. The highest BCUT2D eigenvalue weighted by Gasteiger charge is 2.15. The largest absolute Gasteiger partial charge is 0.386 e. The molecule has 0 spiro atoms. The van der Waals surface area contributed by atoms with E-state index in [1.54, 1.807) is 0 Å². The first kappa shape index (κ1) is 14.7. The Balaban J connectivity index is 2.62. The second-order valence-electron chi connectivity index (χ2n) is 4.71. The Morgan fingerprint density at radius 1 is 1.39 bits per heavy atom. The fourth-order valence-corrected chi connectivity index (χ4v) is 1.56. The minimum Gasteiger partial charge on any atom is -0.386 e. The summed E-state index contributed by atoms with van der Waals surface area (Å²) in [5, 5.41) is 10.1. The smallest absolute Gasteiger partial charge is 0.271 e. The van der Waals surface area contributed by atoms with Crippen molar-refractivity contribution in [2.45, 2.75) is 27.4 Å². The van der Waals surface area contributed by atoms with Crippen LogP contribution in [0.1, 0.15) is 25.0 Å². The van der Waals surface area contributed by atoms with Gasteiger partial charge in [-0.3, -0.25) is 9.63 Å². The van der Waals surface area contributed by atoms with Gasteiger partial charge in [0.1, 0.15) is 13.2 Å². The summed E-state index contributed by atoms with van der Waals surface area (Å²) in [6.45, 7) is 6.28. The third-order valence-corrected chi connectivity index (χ3v) is 2.58. The maximum atomic E-state index is 11.5. The van der Waals surface area contributed by atoms with Gasteiger partial charge >= 0.3 is 0 Å². The normalized spacial score (nSPS) is 10.7. The molecular formula is C14H21NO3. The third-order valence-electron chi connectivity index (χ3n) is 2.58. The quantitative estimate of drug-likeness (QED) is 0.786. The van der Waals surface area contributed by atoms with E-state index in [0.29, 0.717) is 13.2 Å². The Labute approximate surface area is 108 Å². The van der Waals surface area contributed by atoms with Crippen molar-refractivity contribution in [2.75, 3.05) is 13.2 Å². The maximum absolute atomic E-state index is 11.5. The molecule has 4 heteroatoms. The van der Waals surface area contributed by atoms with Gasteiger partial charge in [0.25, 0.3) is 5.91 Å². The number of benzene rings is 1. The predicted molar refractivity (Wildman–Crippen MR) is 69.6 cm³/mol. The Kier molecular flexibility index (Phi) is 5.82. The van der Waals surface area contributed by atoms with E-state index in [0.717, 1.165) is 11.1 Å². The van der Waals surface area contributed by atoms with Crippen molar-refractivity contribution in [2.24, 2.45) is 5.92 Å². The molecule has 0 radical (unpaired) electrons. The third kappa shape index (κ3) is 4.47. The van der Waals surface area contributed by atoms with Gasteiger partial charge in [0, 0.05) is 0 Å². The van der Waals surface area contributed by atoms with Crippen LogP contribution in [0.25, 0.3) is 0 Å². The van der Waals surface area contributed by atoms with Crippen LogP contribution in [0.5, 0.6) is 0 Å². The summed E-state index contributed by atoms with van der Waals surface area (Å²) in [5.74, 6) is -0.116. The van der Waals surface area contributed by atoms with E-state index in [-0.39, 0.29) is 5.92 Å². The van der Waals surface area contributed by atoms with Gasteiger partial charge < -0.3 is 5.11 Å². The number of carbonyl (C=O) groups excluding carboxylic acids is 1. The van der Waals surface area contributed by atoms with Crippen molar-refractivity contribution in [1.29, 1.82) is 0 Å². The molecular weight excluding hydrogens is 230 g/mol. The Hall–Kier alpha value is -1.39. The molecule has 0 aliphatic rings. The summed E-state index contributed by atoms with van der Waals surface area (Å²) in [6.07, 6.45) is 0. The lowest BCUT2D eigenvalue weighted by molar-refractivity contribution is -0.197. The van der Waals surface area contributed by atoms with Crippen LogP contribution in [-0.4, -0.2) is 29.2 Å². The SMILES string of the molecule is Cc1ccccc1CON(CC(C)C)C(=O)CO. The summed E-state index contributed by atoms with van der Waals surface area (Å²) in [5.41, 5.74) is 2.16. The molecule has 0 atom stereocenters. The maximum Gasteiger partial charge on any atom is 0.271 e. The number of aryl methyl sites for hydroxylation is 1. The average Bonchev–Trinajstić information content (AvgIpc) is 2.34. The first-order valence-electron chi connectivity index (χ1n) is 6.13. The molecule has 0 saturated carbocycles. The topological polar surface area (TPSA) is 49.8 Å². The number of nitrogens with zero attached hydrogens (tertiary/aromatic N) is 1. The number of hydroxylamine groups is 2. The van der Waals surface area contributed by atoms with Crippen LogP contribution in [-0.2, 0) is 16.2 Å². The molecule has 0 aromatic heterocycles. The minimum atomic E-state index is -0.527. The molecule has 0 bridgehead atoms. The zero-order valence-electron chi connectivity index (χ0n) is 11.2. The molecule has 0 unspecified atom stereocenters. The van der Waals surface area contributed by atoms with Crippen molar-refractivity contribution < 1.29 is 14.7 Å².